The van der Waals surface area contributed by atoms with Gasteiger partial charge in [-0.2, -0.15) is 5.10 Å². The highest BCUT2D eigenvalue weighted by atomic mass is 15.2. The molecule has 0 saturated heterocycles. The third-order valence-electron chi connectivity index (χ3n) is 1.86. The molecule has 2 N–H and O–H groups in total. The zero-order chi connectivity index (χ0) is 10.7. The molecule has 6 heteroatoms. The van der Waals surface area contributed by atoms with Gasteiger partial charge in [-0.25, -0.2) is 9.97 Å². The molecule has 0 bridgehead atoms. The Balaban J connectivity index is 2.11. The fraction of sp³-hybridized carbons (Fsp3) is 0.222. The average molecular weight is 204 g/mol. The minimum atomic E-state index is 0.685. The van der Waals surface area contributed by atoms with E-state index in [2.05, 4.69) is 25.5 Å². The Morgan fingerprint density at radius 3 is 2.67 bits per heavy atom. The third-order valence-corrected chi connectivity index (χ3v) is 1.86. The van der Waals surface area contributed by atoms with Gasteiger partial charge in [0.1, 0.15) is 17.5 Å². The molecule has 0 aliphatic heterocycles. The number of nitrogens with zero attached hydrogens (tertiary/aromatic N) is 4. The number of H-pyrrole nitrogens is 1. The molecule has 0 saturated carbocycles. The molecule has 78 valence electrons. The fourth-order valence-corrected chi connectivity index (χ4v) is 1.08. The van der Waals surface area contributed by atoms with Crippen molar-refractivity contribution < 1.29 is 0 Å². The van der Waals surface area contributed by atoms with Crippen LogP contribution < -0.4 is 10.2 Å². The number of aromatic nitrogens is 4. The molecule has 2 heterocycles. The SMILES string of the molecule is CN(C)c1cnc(Nc2ccn[nH]2)cn1. The summed E-state index contributed by atoms with van der Waals surface area (Å²) in [7, 11) is 3.85. The van der Waals surface area contributed by atoms with Crippen LogP contribution in [0.25, 0.3) is 0 Å². The Bertz CT molecular complexity index is 405. The zero-order valence-electron chi connectivity index (χ0n) is 8.60. The Morgan fingerprint density at radius 2 is 2.13 bits per heavy atom. The molecule has 0 unspecified atom stereocenters. The monoisotopic (exact) mass is 204 g/mol. The van der Waals surface area contributed by atoms with Crippen LogP contribution in [0.5, 0.6) is 0 Å². The van der Waals surface area contributed by atoms with Gasteiger partial charge in [0, 0.05) is 20.2 Å². The summed E-state index contributed by atoms with van der Waals surface area (Å²) in [6.07, 6.45) is 5.05. The van der Waals surface area contributed by atoms with Crippen molar-refractivity contribution in [1.29, 1.82) is 0 Å². The van der Waals surface area contributed by atoms with Crippen LogP contribution in [0.3, 0.4) is 0 Å². The van der Waals surface area contributed by atoms with Gasteiger partial charge >= 0.3 is 0 Å². The predicted octanol–water partition coefficient (Wildman–Crippen LogP) is 1.01. The second kappa shape index (κ2) is 3.95. The first-order chi connectivity index (χ1) is 7.25. The summed E-state index contributed by atoms with van der Waals surface area (Å²) in [5.41, 5.74) is 0. The van der Waals surface area contributed by atoms with Crippen molar-refractivity contribution in [3.63, 3.8) is 0 Å². The lowest BCUT2D eigenvalue weighted by atomic mass is 10.5. The van der Waals surface area contributed by atoms with Gasteiger partial charge in [0.25, 0.3) is 0 Å². The molecule has 0 radical (unpaired) electrons. The van der Waals surface area contributed by atoms with Gasteiger partial charge in [-0.15, -0.1) is 0 Å². The van der Waals surface area contributed by atoms with Gasteiger partial charge in [-0.1, -0.05) is 0 Å². The van der Waals surface area contributed by atoms with Gasteiger partial charge in [-0.3, -0.25) is 5.10 Å². The highest BCUT2D eigenvalue weighted by Gasteiger charge is 1.99. The first kappa shape index (κ1) is 9.45. The van der Waals surface area contributed by atoms with E-state index in [1.165, 1.54) is 0 Å². The molecular weight excluding hydrogens is 192 g/mol. The molecule has 15 heavy (non-hydrogen) atoms. The molecule has 0 fully saturated rings. The Kier molecular flexibility index (Phi) is 2.49. The molecule has 0 amide bonds. The molecule has 0 atom stereocenters. The molecule has 0 aromatic carbocycles. The summed E-state index contributed by atoms with van der Waals surface area (Å²) in [5.74, 6) is 2.30. The van der Waals surface area contributed by atoms with E-state index in [0.717, 1.165) is 11.6 Å². The molecule has 0 aliphatic rings. The normalized spacial score (nSPS) is 10.0. The molecule has 2 aromatic rings. The van der Waals surface area contributed by atoms with Gasteiger partial charge < -0.3 is 10.2 Å². The maximum absolute atomic E-state index is 4.23. The number of hydrogen-bond acceptors (Lipinski definition) is 5. The Hall–Kier alpha value is -2.11. The highest BCUT2D eigenvalue weighted by Crippen LogP contribution is 2.11. The van der Waals surface area contributed by atoms with Crippen LogP contribution in [0.2, 0.25) is 0 Å². The Morgan fingerprint density at radius 1 is 1.27 bits per heavy atom. The lowest BCUT2D eigenvalue weighted by molar-refractivity contribution is 1.04. The average Bonchev–Trinajstić information content (AvgIpc) is 2.71. The van der Waals surface area contributed by atoms with Gasteiger partial charge in [0.05, 0.1) is 18.6 Å². The lowest BCUT2D eigenvalue weighted by Gasteiger charge is -2.10. The minimum absolute atomic E-state index is 0.685. The van der Waals surface area contributed by atoms with E-state index in [1.54, 1.807) is 18.6 Å². The van der Waals surface area contributed by atoms with Crippen molar-refractivity contribution in [3.8, 4) is 0 Å². The molecule has 2 aromatic heterocycles. The molecule has 2 rings (SSSR count). The maximum atomic E-state index is 4.23. The number of nitrogens with one attached hydrogen (secondary N) is 2. The van der Waals surface area contributed by atoms with E-state index in [0.29, 0.717) is 5.82 Å². The van der Waals surface area contributed by atoms with E-state index < -0.39 is 0 Å². The van der Waals surface area contributed by atoms with Crippen LogP contribution in [-0.2, 0) is 0 Å². The Labute approximate surface area is 87.4 Å². The van der Waals surface area contributed by atoms with Gasteiger partial charge in [-0.05, 0) is 0 Å². The van der Waals surface area contributed by atoms with E-state index >= 15 is 0 Å². The minimum Gasteiger partial charge on any atom is -0.361 e. The second-order valence-electron chi connectivity index (χ2n) is 3.25. The highest BCUT2D eigenvalue weighted by molar-refractivity contribution is 5.50. The molecular formula is C9H12N6. The smallest absolute Gasteiger partial charge is 0.150 e. The van der Waals surface area contributed by atoms with Crippen molar-refractivity contribution in [2.24, 2.45) is 0 Å². The van der Waals surface area contributed by atoms with Crippen molar-refractivity contribution in [3.05, 3.63) is 24.7 Å². The van der Waals surface area contributed by atoms with Crippen LogP contribution in [0.15, 0.2) is 24.7 Å². The number of hydrogen-bond donors (Lipinski definition) is 2. The summed E-state index contributed by atoms with van der Waals surface area (Å²) in [6, 6.07) is 1.82. The third kappa shape index (κ3) is 2.22. The largest absolute Gasteiger partial charge is 0.361 e. The number of anilines is 3. The van der Waals surface area contributed by atoms with Crippen LogP contribution in [0, 0.1) is 0 Å². The van der Waals surface area contributed by atoms with E-state index in [1.807, 2.05) is 25.1 Å². The topological polar surface area (TPSA) is 69.7 Å². The molecule has 6 nitrogen and oxygen atoms in total. The molecule has 0 aliphatic carbocycles. The standard InChI is InChI=1S/C9H12N6/c1-15(2)9-6-10-8(5-11-9)13-7-3-4-12-14-7/h3-6H,1-2H3,(H2,10,12,13,14). The summed E-state index contributed by atoms with van der Waals surface area (Å²) < 4.78 is 0. The van der Waals surface area contributed by atoms with Crippen molar-refractivity contribution in [1.82, 2.24) is 20.2 Å². The van der Waals surface area contributed by atoms with Crippen LogP contribution >= 0.6 is 0 Å². The van der Waals surface area contributed by atoms with Crippen LogP contribution in [-0.4, -0.2) is 34.3 Å². The summed E-state index contributed by atoms with van der Waals surface area (Å²) >= 11 is 0. The summed E-state index contributed by atoms with van der Waals surface area (Å²) in [6.45, 7) is 0. The number of rotatable bonds is 3. The van der Waals surface area contributed by atoms with Crippen molar-refractivity contribution in [2.45, 2.75) is 0 Å². The number of aromatic amines is 1. The molecule has 0 spiro atoms. The predicted molar refractivity (Wildman–Crippen MR) is 58.2 cm³/mol. The van der Waals surface area contributed by atoms with Crippen molar-refractivity contribution >= 4 is 17.5 Å². The van der Waals surface area contributed by atoms with Crippen molar-refractivity contribution in [2.75, 3.05) is 24.3 Å². The lowest BCUT2D eigenvalue weighted by Crippen LogP contribution is -2.11. The zero-order valence-corrected chi connectivity index (χ0v) is 8.60. The van der Waals surface area contributed by atoms with Gasteiger partial charge in [0.15, 0.2) is 0 Å². The van der Waals surface area contributed by atoms with E-state index in [-0.39, 0.29) is 0 Å². The summed E-state index contributed by atoms with van der Waals surface area (Å²) in [4.78, 5) is 10.3. The summed E-state index contributed by atoms with van der Waals surface area (Å²) in [5, 5.41) is 9.64. The maximum Gasteiger partial charge on any atom is 0.150 e. The van der Waals surface area contributed by atoms with E-state index in [9.17, 15) is 0 Å². The van der Waals surface area contributed by atoms with Crippen LogP contribution in [0.4, 0.5) is 17.5 Å². The second-order valence-corrected chi connectivity index (χ2v) is 3.25. The fourth-order valence-electron chi connectivity index (χ4n) is 1.08. The van der Waals surface area contributed by atoms with E-state index in [4.69, 9.17) is 0 Å². The quantitative estimate of drug-likeness (QED) is 0.780. The first-order valence-electron chi connectivity index (χ1n) is 4.51. The van der Waals surface area contributed by atoms with Crippen LogP contribution in [0.1, 0.15) is 0 Å². The van der Waals surface area contributed by atoms with Gasteiger partial charge in [0.2, 0.25) is 0 Å². The first-order valence-corrected chi connectivity index (χ1v) is 4.51.